The van der Waals surface area contributed by atoms with Crippen molar-refractivity contribution < 1.29 is 33.2 Å². The van der Waals surface area contributed by atoms with E-state index in [1.807, 2.05) is 30.3 Å². The maximum atomic E-state index is 14.5. The molecule has 9 heteroatoms. The van der Waals surface area contributed by atoms with Crippen LogP contribution in [-0.4, -0.2) is 74.9 Å². The number of ketones is 1. The number of carbonyl (C=O) groups is 1. The van der Waals surface area contributed by atoms with E-state index in [2.05, 4.69) is 48.2 Å². The van der Waals surface area contributed by atoms with Gasteiger partial charge in [0.25, 0.3) is 0 Å². The molecule has 1 unspecified atom stereocenters. The lowest BCUT2D eigenvalue weighted by Crippen LogP contribution is -2.61. The summed E-state index contributed by atoms with van der Waals surface area (Å²) < 4.78 is 37.5. The van der Waals surface area contributed by atoms with Gasteiger partial charge in [-0.05, 0) is 110 Å². The van der Waals surface area contributed by atoms with E-state index in [9.17, 15) is 4.79 Å². The average molecular weight is 621 g/mol. The summed E-state index contributed by atoms with van der Waals surface area (Å²) in [5, 5.41) is 0. The number of nitrogens with zero attached hydrogens (tertiary/aromatic N) is 2. The summed E-state index contributed by atoms with van der Waals surface area (Å²) in [4.78, 5) is 19.2. The normalized spacial score (nSPS) is 26.3. The first-order chi connectivity index (χ1) is 22.4. The molecule has 7 bridgehead atoms. The third-order valence-corrected chi connectivity index (χ3v) is 10.5. The second-order valence-corrected chi connectivity index (χ2v) is 13.2. The first kappa shape index (κ1) is 27.8. The Kier molecular flexibility index (Phi) is 6.21. The van der Waals surface area contributed by atoms with Crippen molar-refractivity contribution in [1.82, 2.24) is 9.80 Å². The van der Waals surface area contributed by atoms with E-state index in [0.29, 0.717) is 40.9 Å². The molecule has 0 amide bonds. The van der Waals surface area contributed by atoms with Gasteiger partial charge in [-0.3, -0.25) is 14.6 Å². The number of carbonyl (C=O) groups excluding carboxylic acids is 1. The van der Waals surface area contributed by atoms with Gasteiger partial charge in [0.2, 0.25) is 23.9 Å². The van der Waals surface area contributed by atoms with Crippen LogP contribution in [0.2, 0.25) is 0 Å². The smallest absolute Gasteiger partial charge is 0.248 e. The Labute approximate surface area is 267 Å². The number of allylic oxidation sites excluding steroid dienone is 1. The third-order valence-electron chi connectivity index (χ3n) is 10.5. The Balaban J connectivity index is 1.26. The monoisotopic (exact) mass is 620 g/mol. The summed E-state index contributed by atoms with van der Waals surface area (Å²) in [6.07, 6.45) is 5.00. The average Bonchev–Trinajstić information content (AvgIpc) is 3.54. The summed E-state index contributed by atoms with van der Waals surface area (Å²) in [6.45, 7) is 1.97. The molecule has 46 heavy (non-hydrogen) atoms. The van der Waals surface area contributed by atoms with Gasteiger partial charge in [-0.15, -0.1) is 0 Å². The van der Waals surface area contributed by atoms with Crippen molar-refractivity contribution in [2.45, 2.75) is 43.4 Å². The number of ether oxygens (including phenoxy) is 6. The molecule has 0 fully saturated rings. The first-order valence-electron chi connectivity index (χ1n) is 16.0. The van der Waals surface area contributed by atoms with E-state index in [1.54, 1.807) is 7.11 Å². The molecule has 0 saturated carbocycles. The van der Waals surface area contributed by atoms with Crippen LogP contribution in [0.15, 0.2) is 71.5 Å². The highest BCUT2D eigenvalue weighted by molar-refractivity contribution is 6.05. The zero-order valence-electron chi connectivity index (χ0n) is 26.3. The molecule has 6 heterocycles. The van der Waals surface area contributed by atoms with Crippen molar-refractivity contribution in [2.24, 2.45) is 0 Å². The topological polar surface area (TPSA) is 78.9 Å². The SMILES string of the molecule is COC1=CC2=C3[C@H](Cc4cc5c(c(c4)Oc4ccc(cc4)C[C@H]4c6cc7c(cc6CCN4C)OCC3(O7)C1=O)OCO5)N(C)CC2. The minimum Gasteiger partial charge on any atom is -0.493 e. The lowest BCUT2D eigenvalue weighted by atomic mass is 9.72. The van der Waals surface area contributed by atoms with Crippen molar-refractivity contribution in [3.05, 3.63) is 93.8 Å². The van der Waals surface area contributed by atoms with Gasteiger partial charge in [0.15, 0.2) is 28.8 Å². The van der Waals surface area contributed by atoms with Crippen LogP contribution in [0, 0.1) is 0 Å². The van der Waals surface area contributed by atoms with Gasteiger partial charge >= 0.3 is 0 Å². The van der Waals surface area contributed by atoms with Crippen LogP contribution >= 0.6 is 0 Å². The molecule has 3 atom stereocenters. The Morgan fingerprint density at radius 1 is 0.826 bits per heavy atom. The van der Waals surface area contributed by atoms with Gasteiger partial charge < -0.3 is 28.4 Å². The second-order valence-electron chi connectivity index (χ2n) is 13.2. The number of hydrogen-bond donors (Lipinski definition) is 0. The Hall–Kier alpha value is -4.47. The predicted octanol–water partition coefficient (Wildman–Crippen LogP) is 5.16. The molecule has 0 N–H and O–H groups in total. The summed E-state index contributed by atoms with van der Waals surface area (Å²) >= 11 is 0. The van der Waals surface area contributed by atoms with E-state index < -0.39 is 5.60 Å². The molecular weight excluding hydrogens is 584 g/mol. The van der Waals surface area contributed by atoms with Gasteiger partial charge in [0, 0.05) is 30.7 Å². The highest BCUT2D eigenvalue weighted by Gasteiger charge is 2.56. The number of rotatable bonds is 1. The van der Waals surface area contributed by atoms with Crippen molar-refractivity contribution >= 4 is 5.78 Å². The first-order valence-corrected chi connectivity index (χ1v) is 16.0. The molecule has 1 aliphatic carbocycles. The van der Waals surface area contributed by atoms with Crippen LogP contribution in [0.25, 0.3) is 0 Å². The molecule has 7 aliphatic rings. The number of methoxy groups -OCH3 is 1. The maximum Gasteiger partial charge on any atom is 0.248 e. The quantitative estimate of drug-likeness (QED) is 0.367. The minimum atomic E-state index is -1.36. The van der Waals surface area contributed by atoms with Crippen LogP contribution in [0.4, 0.5) is 0 Å². The number of hydrogen-bond acceptors (Lipinski definition) is 9. The standard InChI is InChI=1S/C37H36N2O7/c1-38-10-8-23-16-29-30-18-26(23)27(38)12-21-4-6-25(7-5-21)45-32-15-22(14-31-35(32)44-20-43-31)13-28-34-24(9-11-39(28)2)17-33(41-3)36(40)37(34,46-30)19-42-29/h4-7,14-18,27-28H,8-13,19-20H2,1-3H3/t27-,28-,37?/m0/s1. The molecule has 0 radical (unpaired) electrons. The van der Waals surface area contributed by atoms with Crippen molar-refractivity contribution in [3.63, 3.8) is 0 Å². The largest absolute Gasteiger partial charge is 0.493 e. The van der Waals surface area contributed by atoms with Crippen LogP contribution < -0.4 is 23.7 Å². The zero-order valence-corrected chi connectivity index (χ0v) is 26.3. The molecule has 3 aromatic rings. The van der Waals surface area contributed by atoms with E-state index in [4.69, 9.17) is 28.4 Å². The Bertz CT molecular complexity index is 1850. The molecule has 3 aromatic carbocycles. The highest BCUT2D eigenvalue weighted by atomic mass is 16.7. The second kappa shape index (κ2) is 10.3. The lowest BCUT2D eigenvalue weighted by Gasteiger charge is -2.48. The van der Waals surface area contributed by atoms with E-state index in [0.717, 1.165) is 54.8 Å². The molecule has 1 spiro atoms. The molecular formula is C37H36N2O7. The number of Topliss-reactive ketones (excluding diaryl/α,β-unsaturated/α-hetero) is 1. The highest BCUT2D eigenvalue weighted by Crippen LogP contribution is 2.50. The van der Waals surface area contributed by atoms with Crippen LogP contribution in [0.1, 0.15) is 34.7 Å². The maximum absolute atomic E-state index is 14.5. The van der Waals surface area contributed by atoms with Crippen LogP contribution in [0.3, 0.4) is 0 Å². The third kappa shape index (κ3) is 4.18. The fourth-order valence-electron chi connectivity index (χ4n) is 8.08. The van der Waals surface area contributed by atoms with Crippen molar-refractivity contribution in [2.75, 3.05) is 47.7 Å². The summed E-state index contributed by atoms with van der Waals surface area (Å²) in [7, 11) is 5.83. The fourth-order valence-corrected chi connectivity index (χ4v) is 8.08. The number of benzene rings is 3. The van der Waals surface area contributed by atoms with E-state index >= 15 is 0 Å². The van der Waals surface area contributed by atoms with Gasteiger partial charge in [0.1, 0.15) is 12.4 Å². The lowest BCUT2D eigenvalue weighted by molar-refractivity contribution is -0.136. The van der Waals surface area contributed by atoms with E-state index in [1.165, 1.54) is 16.7 Å². The molecule has 0 saturated heterocycles. The minimum absolute atomic E-state index is 0.0756. The predicted molar refractivity (Wildman–Crippen MR) is 169 cm³/mol. The van der Waals surface area contributed by atoms with Crippen LogP contribution in [0.5, 0.6) is 34.5 Å². The van der Waals surface area contributed by atoms with Gasteiger partial charge in [0.05, 0.1) is 7.11 Å². The van der Waals surface area contributed by atoms with Gasteiger partial charge in [-0.2, -0.15) is 0 Å². The number of likely N-dealkylation sites (N-methyl/N-ethyl adjacent to an activating group) is 2. The van der Waals surface area contributed by atoms with Crippen LogP contribution in [-0.2, 0) is 28.8 Å². The molecule has 9 nitrogen and oxygen atoms in total. The van der Waals surface area contributed by atoms with Crippen molar-refractivity contribution in [3.8, 4) is 34.5 Å². The summed E-state index contributed by atoms with van der Waals surface area (Å²) in [5.74, 6) is 3.97. The van der Waals surface area contributed by atoms with E-state index in [-0.39, 0.29) is 31.3 Å². The van der Waals surface area contributed by atoms with Gasteiger partial charge in [-0.1, -0.05) is 12.1 Å². The Morgan fingerprint density at radius 2 is 1.61 bits per heavy atom. The zero-order chi connectivity index (χ0) is 31.2. The fraction of sp³-hybridized carbons (Fsp3) is 0.378. The molecule has 236 valence electrons. The number of fused-ring (bicyclic) bond motifs is 3. The van der Waals surface area contributed by atoms with Crippen molar-refractivity contribution in [1.29, 1.82) is 0 Å². The Morgan fingerprint density at radius 3 is 2.46 bits per heavy atom. The van der Waals surface area contributed by atoms with Gasteiger partial charge in [-0.25, -0.2) is 0 Å². The summed E-state index contributed by atoms with van der Waals surface area (Å²) in [6, 6.07) is 16.6. The molecule has 0 aromatic heterocycles. The summed E-state index contributed by atoms with van der Waals surface area (Å²) in [5.41, 5.74) is 5.30. The molecule has 6 aliphatic heterocycles. The molecule has 10 rings (SSSR count).